The summed E-state index contributed by atoms with van der Waals surface area (Å²) in [7, 11) is -3.01. The number of rotatable bonds is 4. The number of morpholine rings is 1. The van der Waals surface area contributed by atoms with E-state index in [1.807, 2.05) is 5.32 Å². The smallest absolute Gasteiger partial charge is 0.159 e. The molecule has 100 valence electrons. The van der Waals surface area contributed by atoms with Gasteiger partial charge in [0.1, 0.15) is 44.1 Å². The minimum absolute atomic E-state index is 0.0709. The molecule has 7 heteroatoms. The number of nitrogens with one attached hydrogen (secondary N) is 1. The van der Waals surface area contributed by atoms with Crippen LogP contribution in [0.4, 0.5) is 0 Å². The van der Waals surface area contributed by atoms with E-state index in [9.17, 15) is 13.5 Å². The summed E-state index contributed by atoms with van der Waals surface area (Å²) in [6, 6.07) is -0.166. The second-order valence-corrected chi connectivity index (χ2v) is 7.10. The van der Waals surface area contributed by atoms with Gasteiger partial charge in [0, 0.05) is 0 Å². The fraction of sp³-hybridized carbons (Fsp3) is 1.00. The molecule has 0 radical (unpaired) electrons. The van der Waals surface area contributed by atoms with Gasteiger partial charge in [0.15, 0.2) is 9.84 Å². The molecule has 0 saturated carbocycles. The first-order valence-corrected chi connectivity index (χ1v) is 8.02. The zero-order chi connectivity index (χ0) is 12.3. The van der Waals surface area contributed by atoms with E-state index in [-0.39, 0.29) is 17.5 Å². The highest BCUT2D eigenvalue weighted by Crippen LogP contribution is 2.08. The van der Waals surface area contributed by atoms with Crippen LogP contribution in [0.3, 0.4) is 0 Å². The summed E-state index contributed by atoms with van der Waals surface area (Å²) in [5.41, 5.74) is 0. The Hall–Kier alpha value is -0.210. The van der Waals surface area contributed by atoms with Gasteiger partial charge in [-0.3, -0.25) is 0 Å². The third kappa shape index (κ3) is 3.89. The molecule has 0 aliphatic carbocycles. The van der Waals surface area contributed by atoms with Crippen molar-refractivity contribution in [1.82, 2.24) is 0 Å². The van der Waals surface area contributed by atoms with Crippen LogP contribution in [0.15, 0.2) is 0 Å². The molecule has 2 saturated heterocycles. The molecule has 2 aliphatic heterocycles. The van der Waals surface area contributed by atoms with E-state index >= 15 is 0 Å². The first-order valence-electron chi connectivity index (χ1n) is 6.20. The molecule has 0 aromatic heterocycles. The molecule has 2 heterocycles. The van der Waals surface area contributed by atoms with Crippen molar-refractivity contribution in [3.8, 4) is 0 Å². The van der Waals surface area contributed by atoms with Crippen LogP contribution in [0.5, 0.6) is 0 Å². The molecule has 0 aromatic carbocycles. The molecule has 2 rings (SSSR count). The van der Waals surface area contributed by atoms with Crippen molar-refractivity contribution in [2.75, 3.05) is 50.9 Å². The summed E-state index contributed by atoms with van der Waals surface area (Å²) >= 11 is 0. The maximum Gasteiger partial charge on any atom is 0.159 e. The number of sulfone groups is 1. The van der Waals surface area contributed by atoms with Crippen molar-refractivity contribution in [1.29, 1.82) is 0 Å². The average molecular weight is 266 g/mol. The lowest BCUT2D eigenvalue weighted by Crippen LogP contribution is -3.16. The summed E-state index contributed by atoms with van der Waals surface area (Å²) in [6.07, 6.45) is -0.695. The summed E-state index contributed by atoms with van der Waals surface area (Å²) in [5.74, 6) is 0.0468. The van der Waals surface area contributed by atoms with Crippen molar-refractivity contribution in [3.05, 3.63) is 0 Å². The number of aliphatic hydroxyl groups excluding tert-OH is 1. The van der Waals surface area contributed by atoms with Gasteiger partial charge in [0.25, 0.3) is 0 Å². The molecule has 2 atom stereocenters. The Morgan fingerprint density at radius 1 is 1.29 bits per heavy atom. The molecule has 0 amide bonds. The van der Waals surface area contributed by atoms with Crippen molar-refractivity contribution in [3.63, 3.8) is 0 Å². The lowest BCUT2D eigenvalue weighted by molar-refractivity contribution is -0.921. The second-order valence-electron chi connectivity index (χ2n) is 4.94. The fourth-order valence-electron chi connectivity index (χ4n) is 2.49. The average Bonchev–Trinajstić information content (AvgIpc) is 2.53. The number of ether oxygens (including phenoxy) is 1. The zero-order valence-electron chi connectivity index (χ0n) is 9.97. The lowest BCUT2D eigenvalue weighted by atomic mass is 10.2. The number of aliphatic hydroxyl groups is 1. The largest absolute Gasteiger partial charge is 0.386 e. The quantitative estimate of drug-likeness (QED) is 0.480. The third-order valence-electron chi connectivity index (χ3n) is 3.53. The molecule has 4 N–H and O–H groups in total. The fourth-order valence-corrected chi connectivity index (χ4v) is 4.34. The number of hydrogen-bond acceptors (Lipinski definition) is 4. The molecular weight excluding hydrogens is 244 g/mol. The molecular formula is C10H22N2O4S+2. The van der Waals surface area contributed by atoms with Gasteiger partial charge in [-0.05, 0) is 0 Å². The first kappa shape index (κ1) is 13.2. The topological polar surface area (TPSA) is 84.7 Å². The normalized spacial score (nSPS) is 33.9. The Kier molecular flexibility index (Phi) is 4.37. The van der Waals surface area contributed by atoms with Crippen LogP contribution in [0.1, 0.15) is 0 Å². The minimum atomic E-state index is -3.01. The van der Waals surface area contributed by atoms with Crippen molar-refractivity contribution >= 4 is 9.84 Å². The van der Waals surface area contributed by atoms with Crippen molar-refractivity contribution in [2.45, 2.75) is 12.1 Å². The van der Waals surface area contributed by atoms with E-state index in [4.69, 9.17) is 4.74 Å². The summed E-state index contributed by atoms with van der Waals surface area (Å²) in [4.78, 5) is 1.50. The molecule has 2 fully saturated rings. The molecule has 17 heavy (non-hydrogen) atoms. The van der Waals surface area contributed by atoms with E-state index in [2.05, 4.69) is 0 Å². The van der Waals surface area contributed by atoms with Gasteiger partial charge in [-0.25, -0.2) is 8.42 Å². The Bertz CT molecular complexity index is 340. The van der Waals surface area contributed by atoms with E-state index < -0.39 is 15.9 Å². The summed E-state index contributed by atoms with van der Waals surface area (Å²) in [6.45, 7) is 5.56. The monoisotopic (exact) mass is 266 g/mol. The number of nitrogens with two attached hydrogens (primary N) is 1. The summed E-state index contributed by atoms with van der Waals surface area (Å²) < 4.78 is 27.9. The van der Waals surface area contributed by atoms with Gasteiger partial charge >= 0.3 is 0 Å². The predicted octanol–water partition coefficient (Wildman–Crippen LogP) is -4.38. The van der Waals surface area contributed by atoms with Gasteiger partial charge in [-0.15, -0.1) is 0 Å². The third-order valence-corrected chi connectivity index (χ3v) is 5.27. The second kappa shape index (κ2) is 5.62. The first-order chi connectivity index (χ1) is 8.07. The van der Waals surface area contributed by atoms with Gasteiger partial charge in [0.2, 0.25) is 0 Å². The Morgan fingerprint density at radius 3 is 2.59 bits per heavy atom. The highest BCUT2D eigenvalue weighted by atomic mass is 32.2. The van der Waals surface area contributed by atoms with Crippen LogP contribution < -0.4 is 10.2 Å². The SMILES string of the molecule is O=S1(=O)C[C@@H](O)[C@@H]([NH2+]CC[NH+]2CCOCC2)C1. The van der Waals surface area contributed by atoms with E-state index in [0.717, 1.165) is 39.4 Å². The highest BCUT2D eigenvalue weighted by molar-refractivity contribution is 7.91. The van der Waals surface area contributed by atoms with E-state index in [1.54, 1.807) is 0 Å². The van der Waals surface area contributed by atoms with Gasteiger partial charge in [0.05, 0.1) is 19.0 Å². The molecule has 0 unspecified atom stereocenters. The van der Waals surface area contributed by atoms with Crippen LogP contribution in [0, 0.1) is 0 Å². The van der Waals surface area contributed by atoms with Gasteiger partial charge in [-0.1, -0.05) is 0 Å². The van der Waals surface area contributed by atoms with Crippen LogP contribution >= 0.6 is 0 Å². The van der Waals surface area contributed by atoms with E-state index in [0.29, 0.717) is 0 Å². The summed E-state index contributed by atoms with van der Waals surface area (Å²) in [5, 5.41) is 11.6. The molecule has 2 aliphatic rings. The lowest BCUT2D eigenvalue weighted by Gasteiger charge is -2.23. The van der Waals surface area contributed by atoms with Crippen LogP contribution in [0.2, 0.25) is 0 Å². The molecule has 0 bridgehead atoms. The van der Waals surface area contributed by atoms with Gasteiger partial charge in [-0.2, -0.15) is 0 Å². The molecule has 0 spiro atoms. The number of hydrogen-bond donors (Lipinski definition) is 3. The van der Waals surface area contributed by atoms with Gasteiger partial charge < -0.3 is 20.1 Å². The van der Waals surface area contributed by atoms with Crippen molar-refractivity contribution < 1.29 is 28.5 Å². The number of quaternary nitrogens is 2. The Balaban J connectivity index is 1.68. The van der Waals surface area contributed by atoms with Crippen LogP contribution in [-0.2, 0) is 14.6 Å². The Morgan fingerprint density at radius 2 is 2.00 bits per heavy atom. The Labute approximate surface area is 102 Å². The standard InChI is InChI=1S/C10H20N2O4S/c13-10-8-17(14,15)7-9(10)11-1-2-12-3-5-16-6-4-12/h9-11,13H,1-8H2/p+2/t9-,10+/m0/s1. The van der Waals surface area contributed by atoms with Crippen molar-refractivity contribution in [2.24, 2.45) is 0 Å². The zero-order valence-corrected chi connectivity index (χ0v) is 10.8. The predicted molar refractivity (Wildman–Crippen MR) is 61.6 cm³/mol. The maximum absolute atomic E-state index is 11.3. The molecule has 0 aromatic rings. The van der Waals surface area contributed by atoms with Crippen LogP contribution in [-0.4, -0.2) is 76.6 Å². The highest BCUT2D eigenvalue weighted by Gasteiger charge is 2.39. The van der Waals surface area contributed by atoms with E-state index in [1.165, 1.54) is 4.90 Å². The van der Waals surface area contributed by atoms with Crippen LogP contribution in [0.25, 0.3) is 0 Å². The molecule has 6 nitrogen and oxygen atoms in total. The minimum Gasteiger partial charge on any atom is -0.386 e. The maximum atomic E-state index is 11.3.